The Morgan fingerprint density at radius 2 is 1.89 bits per heavy atom. The molecule has 0 bridgehead atoms. The number of fused-ring (bicyclic) bond motifs is 2. The van der Waals surface area contributed by atoms with Gasteiger partial charge in [0.15, 0.2) is 6.29 Å². The van der Waals surface area contributed by atoms with Gasteiger partial charge in [0, 0.05) is 36.6 Å². The largest absolute Gasteiger partial charge is 0.443 e. The maximum atomic E-state index is 14.1. The first-order chi connectivity index (χ1) is 21.9. The van der Waals surface area contributed by atoms with Gasteiger partial charge in [-0.25, -0.2) is 13.2 Å². The zero-order valence-corrected chi connectivity index (χ0v) is 27.5. The molecule has 46 heavy (non-hydrogen) atoms. The molecule has 2 fully saturated rings. The number of aliphatic hydroxyl groups is 1. The van der Waals surface area contributed by atoms with Crippen LogP contribution in [-0.4, -0.2) is 86.7 Å². The van der Waals surface area contributed by atoms with Crippen molar-refractivity contribution < 1.29 is 37.3 Å². The molecule has 4 N–H and O–H groups in total. The second-order valence-corrected chi connectivity index (χ2v) is 14.7. The average molecular weight is 657 g/mol. The van der Waals surface area contributed by atoms with E-state index >= 15 is 0 Å². The van der Waals surface area contributed by atoms with Gasteiger partial charge in [-0.05, 0) is 56.4 Å². The van der Waals surface area contributed by atoms with E-state index in [4.69, 9.17) is 14.2 Å². The van der Waals surface area contributed by atoms with Crippen LogP contribution < -0.4 is 16.0 Å². The molecule has 13 heteroatoms. The third-order valence-electron chi connectivity index (χ3n) is 8.24. The first-order valence-electron chi connectivity index (χ1n) is 15.8. The molecule has 0 radical (unpaired) electrons. The second kappa shape index (κ2) is 14.5. The Morgan fingerprint density at radius 1 is 1.13 bits per heavy atom. The lowest BCUT2D eigenvalue weighted by Gasteiger charge is -2.31. The number of sulfonamides is 1. The lowest BCUT2D eigenvalue weighted by atomic mass is 10.0. The normalized spacial score (nSPS) is 23.0. The lowest BCUT2D eigenvalue weighted by Crippen LogP contribution is -2.51. The number of benzene rings is 2. The van der Waals surface area contributed by atoms with E-state index in [0.29, 0.717) is 23.4 Å². The van der Waals surface area contributed by atoms with E-state index in [-0.39, 0.29) is 61.1 Å². The minimum Gasteiger partial charge on any atom is -0.443 e. The number of hydrogen-bond acceptors (Lipinski definition) is 9. The van der Waals surface area contributed by atoms with Gasteiger partial charge in [0.05, 0.1) is 41.7 Å². The van der Waals surface area contributed by atoms with Crippen LogP contribution in [0, 0.1) is 11.8 Å². The van der Waals surface area contributed by atoms with Crippen LogP contribution in [0.1, 0.15) is 45.2 Å². The molecule has 5 unspecified atom stereocenters. The molecule has 0 aromatic heterocycles. The van der Waals surface area contributed by atoms with Crippen molar-refractivity contribution in [3.8, 4) is 0 Å². The maximum Gasteiger partial charge on any atom is 0.407 e. The predicted molar refractivity (Wildman–Crippen MR) is 172 cm³/mol. The van der Waals surface area contributed by atoms with E-state index in [0.717, 1.165) is 12.0 Å². The van der Waals surface area contributed by atoms with Crippen LogP contribution in [0.25, 0.3) is 5.57 Å². The summed E-state index contributed by atoms with van der Waals surface area (Å²) in [6, 6.07) is 13.1. The van der Waals surface area contributed by atoms with E-state index in [1.54, 1.807) is 12.3 Å². The van der Waals surface area contributed by atoms with E-state index < -0.39 is 34.4 Å². The van der Waals surface area contributed by atoms with Crippen LogP contribution in [0.4, 0.5) is 10.5 Å². The highest BCUT2D eigenvalue weighted by molar-refractivity contribution is 7.89. The first-order valence-corrected chi connectivity index (χ1v) is 17.2. The van der Waals surface area contributed by atoms with Crippen LogP contribution in [-0.2, 0) is 35.4 Å². The molecular formula is C33H44N4O8S. The Morgan fingerprint density at radius 3 is 2.61 bits per heavy atom. The molecule has 2 aromatic rings. The number of amides is 2. The minimum absolute atomic E-state index is 0.00686. The Hall–Kier alpha value is -3.49. The molecule has 0 saturated carbocycles. The number of alkyl carbamates (subject to hydrolysis) is 1. The summed E-state index contributed by atoms with van der Waals surface area (Å²) in [5.74, 6) is -0.446. The van der Waals surface area contributed by atoms with Gasteiger partial charge in [0.1, 0.15) is 6.10 Å². The van der Waals surface area contributed by atoms with Crippen molar-refractivity contribution in [3.63, 3.8) is 0 Å². The smallest absolute Gasteiger partial charge is 0.407 e. The molecule has 2 aromatic carbocycles. The van der Waals surface area contributed by atoms with Crippen molar-refractivity contribution in [3.05, 3.63) is 65.9 Å². The number of aliphatic hydroxyl groups excluding tert-OH is 1. The number of ether oxygens (including phenoxy) is 3. The number of nitrogens with zero attached hydrogens (tertiary/aromatic N) is 1. The van der Waals surface area contributed by atoms with Crippen molar-refractivity contribution in [1.82, 2.24) is 14.9 Å². The molecular weight excluding hydrogens is 612 g/mol. The van der Waals surface area contributed by atoms with Crippen LogP contribution >= 0.6 is 0 Å². The summed E-state index contributed by atoms with van der Waals surface area (Å²) >= 11 is 0. The average Bonchev–Trinajstić information content (AvgIpc) is 3.70. The highest BCUT2D eigenvalue weighted by Crippen LogP contribution is 2.35. The van der Waals surface area contributed by atoms with E-state index in [1.165, 1.54) is 16.4 Å². The topological polar surface area (TPSA) is 156 Å². The van der Waals surface area contributed by atoms with Crippen molar-refractivity contribution >= 4 is 33.3 Å². The molecule has 12 nitrogen and oxygen atoms in total. The zero-order valence-electron chi connectivity index (χ0n) is 26.6. The molecule has 3 aliphatic rings. The molecule has 3 heterocycles. The van der Waals surface area contributed by atoms with Gasteiger partial charge in [-0.3, -0.25) is 4.79 Å². The minimum atomic E-state index is -4.14. The highest BCUT2D eigenvalue weighted by Gasteiger charge is 2.44. The number of hydrogen-bond donors (Lipinski definition) is 4. The second-order valence-electron chi connectivity index (χ2n) is 12.7. The lowest BCUT2D eigenvalue weighted by molar-refractivity contribution is -0.110. The molecule has 2 amide bonds. The van der Waals surface area contributed by atoms with E-state index in [1.807, 2.05) is 58.0 Å². The number of anilines is 1. The predicted octanol–water partition coefficient (Wildman–Crippen LogP) is 3.08. The first kappa shape index (κ1) is 33.9. The molecule has 5 rings (SSSR count). The van der Waals surface area contributed by atoms with Crippen molar-refractivity contribution in [1.29, 1.82) is 0 Å². The Labute approximate surface area is 270 Å². The summed E-state index contributed by atoms with van der Waals surface area (Å²) in [7, 11) is -4.14. The Bertz CT molecular complexity index is 1530. The van der Waals surface area contributed by atoms with Crippen molar-refractivity contribution in [2.45, 2.75) is 76.0 Å². The van der Waals surface area contributed by atoms with Gasteiger partial charge < -0.3 is 35.3 Å². The van der Waals surface area contributed by atoms with Crippen molar-refractivity contribution in [2.75, 3.05) is 31.6 Å². The van der Waals surface area contributed by atoms with Crippen LogP contribution in [0.2, 0.25) is 0 Å². The van der Waals surface area contributed by atoms with Crippen LogP contribution in [0.15, 0.2) is 59.6 Å². The summed E-state index contributed by atoms with van der Waals surface area (Å²) in [5.41, 5.74) is 2.18. The quantitative estimate of drug-likeness (QED) is 0.238. The van der Waals surface area contributed by atoms with E-state index in [2.05, 4.69) is 16.0 Å². The monoisotopic (exact) mass is 656 g/mol. The standard InChI is InChI=1S/C33H44N4O8S/c1-20(2)17-37(46(41,42)23-10-11-27-25(15-23)26(31(39)35-27)16-34-21(3)4)18-29(38)28(14-22-8-6-5-7-9-22)36-33(40)45-30-19-44-32-24(30)12-13-43-32/h5-11,15-16,20-21,24,28-30,32,34,38H,12-14,17-19H2,1-4H3,(H,35,39)(H,36,40)/b26-16+. The summed E-state index contributed by atoms with van der Waals surface area (Å²) in [5, 5.41) is 20.3. The van der Waals surface area contributed by atoms with E-state index in [9.17, 15) is 23.1 Å². The fraction of sp³-hybridized carbons (Fsp3) is 0.515. The Kier molecular flexibility index (Phi) is 10.7. The molecule has 0 aliphatic carbocycles. The van der Waals surface area contributed by atoms with Crippen molar-refractivity contribution in [2.24, 2.45) is 11.8 Å². The SMILES string of the molecule is CC(C)CN(CC(O)C(Cc1ccccc1)NC(=O)OC1COC2OCCC12)S(=O)(=O)c1ccc2c(c1)/C(=C\NC(C)C)C(=O)N2. The van der Waals surface area contributed by atoms with Gasteiger partial charge >= 0.3 is 6.09 Å². The maximum absolute atomic E-state index is 14.1. The molecule has 250 valence electrons. The van der Waals surface area contributed by atoms with Crippen LogP contribution in [0.5, 0.6) is 0 Å². The van der Waals surface area contributed by atoms with Gasteiger partial charge in [-0.2, -0.15) is 4.31 Å². The van der Waals surface area contributed by atoms with Gasteiger partial charge in [0.25, 0.3) is 5.91 Å². The van der Waals surface area contributed by atoms with Gasteiger partial charge in [-0.15, -0.1) is 0 Å². The third-order valence-corrected chi connectivity index (χ3v) is 10.1. The molecule has 5 atom stereocenters. The molecule has 3 aliphatic heterocycles. The van der Waals surface area contributed by atoms with Crippen LogP contribution in [0.3, 0.4) is 0 Å². The Balaban J connectivity index is 1.37. The fourth-order valence-corrected chi connectivity index (χ4v) is 7.55. The number of nitrogens with one attached hydrogen (secondary N) is 3. The highest BCUT2D eigenvalue weighted by atomic mass is 32.2. The number of carbonyl (C=O) groups excluding carboxylic acids is 2. The summed E-state index contributed by atoms with van der Waals surface area (Å²) in [6.45, 7) is 8.24. The molecule has 0 spiro atoms. The summed E-state index contributed by atoms with van der Waals surface area (Å²) in [6.07, 6.45) is -0.308. The van der Waals surface area contributed by atoms with Gasteiger partial charge in [-0.1, -0.05) is 44.2 Å². The number of rotatable bonds is 13. The molecule has 2 saturated heterocycles. The number of carbonyl (C=O) groups is 2. The third kappa shape index (κ3) is 7.89. The zero-order chi connectivity index (χ0) is 33.0. The summed E-state index contributed by atoms with van der Waals surface area (Å²) in [4.78, 5) is 25.7. The fourth-order valence-electron chi connectivity index (χ4n) is 5.91. The van der Waals surface area contributed by atoms with Gasteiger partial charge in [0.2, 0.25) is 10.0 Å². The summed E-state index contributed by atoms with van der Waals surface area (Å²) < 4.78 is 46.3.